The van der Waals surface area contributed by atoms with Gasteiger partial charge in [0.1, 0.15) is 5.78 Å². The Morgan fingerprint density at radius 3 is 2.18 bits per heavy atom. The van der Waals surface area contributed by atoms with Crippen molar-refractivity contribution in [3.63, 3.8) is 0 Å². The Kier molecular flexibility index (Phi) is 3.50. The molecule has 0 aliphatic rings. The van der Waals surface area contributed by atoms with E-state index in [0.29, 0.717) is 0 Å². The number of carbonyl (C=O) groups excluding carboxylic acids is 1. The lowest BCUT2D eigenvalue weighted by molar-refractivity contribution is -0.123. The van der Waals surface area contributed by atoms with Gasteiger partial charge in [0.15, 0.2) is 0 Å². The molecule has 1 nitrogen and oxygen atoms in total. The minimum Gasteiger partial charge on any atom is -0.300 e. The van der Waals surface area contributed by atoms with Crippen LogP contribution in [0.15, 0.2) is 12.7 Å². The van der Waals surface area contributed by atoms with Gasteiger partial charge in [0, 0.05) is 5.92 Å². The summed E-state index contributed by atoms with van der Waals surface area (Å²) < 4.78 is 0. The zero-order valence-corrected chi connectivity index (χ0v) is 7.98. The minimum absolute atomic E-state index is 0.0550. The van der Waals surface area contributed by atoms with Crippen LogP contribution in [0.5, 0.6) is 0 Å². The summed E-state index contributed by atoms with van der Waals surface area (Å²) in [6.07, 6.45) is 2.76. The number of hydrogen-bond acceptors (Lipinski definition) is 1. The molecular weight excluding hydrogens is 136 g/mol. The fourth-order valence-corrected chi connectivity index (χ4v) is 1.48. The van der Waals surface area contributed by atoms with Gasteiger partial charge in [-0.15, -0.1) is 6.58 Å². The first-order valence-corrected chi connectivity index (χ1v) is 4.09. The molecule has 0 N–H and O–H groups in total. The Morgan fingerprint density at radius 1 is 1.64 bits per heavy atom. The number of hydrogen-bond donors (Lipinski definition) is 0. The Labute approximate surface area is 69.5 Å². The van der Waals surface area contributed by atoms with E-state index in [0.717, 1.165) is 6.42 Å². The van der Waals surface area contributed by atoms with Crippen LogP contribution >= 0.6 is 0 Å². The van der Waals surface area contributed by atoms with Crippen LogP contribution < -0.4 is 0 Å². The topological polar surface area (TPSA) is 17.1 Å². The molecule has 1 atom stereocenters. The van der Waals surface area contributed by atoms with Crippen molar-refractivity contribution in [2.45, 2.75) is 34.1 Å². The van der Waals surface area contributed by atoms with E-state index in [1.807, 2.05) is 13.0 Å². The van der Waals surface area contributed by atoms with Crippen molar-refractivity contribution >= 4 is 5.78 Å². The Bertz CT molecular complexity index is 156. The maximum atomic E-state index is 11.1. The first kappa shape index (κ1) is 10.4. The van der Waals surface area contributed by atoms with Gasteiger partial charge < -0.3 is 0 Å². The van der Waals surface area contributed by atoms with E-state index in [1.165, 1.54) is 0 Å². The molecule has 0 bridgehead atoms. The highest BCUT2D eigenvalue weighted by Gasteiger charge is 2.28. The molecule has 1 heteroatoms. The first-order valence-electron chi connectivity index (χ1n) is 4.09. The van der Waals surface area contributed by atoms with E-state index < -0.39 is 0 Å². The van der Waals surface area contributed by atoms with Crippen molar-refractivity contribution in [1.29, 1.82) is 0 Å². The highest BCUT2D eigenvalue weighted by atomic mass is 16.1. The molecule has 0 aromatic rings. The molecule has 0 rings (SSSR count). The van der Waals surface area contributed by atoms with E-state index in [2.05, 4.69) is 20.4 Å². The molecule has 0 aliphatic heterocycles. The van der Waals surface area contributed by atoms with E-state index in [4.69, 9.17) is 0 Å². The SMILES string of the molecule is C=CC(C)(C)C(CC)C(C)=O. The lowest BCUT2D eigenvalue weighted by Gasteiger charge is -2.28. The second-order valence-corrected chi connectivity index (χ2v) is 3.60. The summed E-state index contributed by atoms with van der Waals surface area (Å²) in [7, 11) is 0. The molecular formula is C10H18O. The van der Waals surface area contributed by atoms with Crippen LogP contribution in [-0.2, 0) is 4.79 Å². The van der Waals surface area contributed by atoms with E-state index in [-0.39, 0.29) is 17.1 Å². The molecule has 1 unspecified atom stereocenters. The van der Waals surface area contributed by atoms with Crippen molar-refractivity contribution < 1.29 is 4.79 Å². The molecule has 0 aromatic heterocycles. The van der Waals surface area contributed by atoms with E-state index in [9.17, 15) is 4.79 Å². The molecule has 0 fully saturated rings. The predicted molar refractivity (Wildman–Crippen MR) is 48.4 cm³/mol. The van der Waals surface area contributed by atoms with Crippen molar-refractivity contribution in [3.05, 3.63) is 12.7 Å². The molecule has 0 radical (unpaired) electrons. The zero-order valence-electron chi connectivity index (χ0n) is 7.98. The highest BCUT2D eigenvalue weighted by Crippen LogP contribution is 2.30. The number of allylic oxidation sites excluding steroid dienone is 1. The van der Waals surface area contributed by atoms with Crippen LogP contribution in [0, 0.1) is 11.3 Å². The largest absolute Gasteiger partial charge is 0.300 e. The molecule has 0 spiro atoms. The Morgan fingerprint density at radius 2 is 2.09 bits per heavy atom. The van der Waals surface area contributed by atoms with Crippen molar-refractivity contribution in [1.82, 2.24) is 0 Å². The van der Waals surface area contributed by atoms with Crippen LogP contribution in [0.3, 0.4) is 0 Å². The maximum absolute atomic E-state index is 11.1. The Hall–Kier alpha value is -0.590. The molecule has 0 heterocycles. The number of rotatable bonds is 4. The lowest BCUT2D eigenvalue weighted by Crippen LogP contribution is -2.26. The number of Topliss-reactive ketones (excluding diaryl/α,β-unsaturated/α-hetero) is 1. The summed E-state index contributed by atoms with van der Waals surface area (Å²) in [5, 5.41) is 0. The molecule has 0 amide bonds. The quantitative estimate of drug-likeness (QED) is 0.569. The summed E-state index contributed by atoms with van der Waals surface area (Å²) in [4.78, 5) is 11.1. The lowest BCUT2D eigenvalue weighted by atomic mass is 9.75. The van der Waals surface area contributed by atoms with Crippen molar-refractivity contribution in [3.8, 4) is 0 Å². The number of carbonyl (C=O) groups is 1. The fourth-order valence-electron chi connectivity index (χ4n) is 1.48. The van der Waals surface area contributed by atoms with Gasteiger partial charge >= 0.3 is 0 Å². The van der Waals surface area contributed by atoms with Gasteiger partial charge in [-0.3, -0.25) is 4.79 Å². The Balaban J connectivity index is 4.48. The molecule has 64 valence electrons. The molecule has 0 saturated heterocycles. The zero-order chi connectivity index (χ0) is 9.07. The van der Waals surface area contributed by atoms with E-state index >= 15 is 0 Å². The second kappa shape index (κ2) is 3.70. The maximum Gasteiger partial charge on any atom is 0.133 e. The van der Waals surface area contributed by atoms with E-state index in [1.54, 1.807) is 6.92 Å². The summed E-state index contributed by atoms with van der Waals surface area (Å²) in [6.45, 7) is 11.5. The van der Waals surface area contributed by atoms with Crippen LogP contribution in [0.2, 0.25) is 0 Å². The van der Waals surface area contributed by atoms with Gasteiger partial charge in [-0.1, -0.05) is 26.8 Å². The summed E-state index contributed by atoms with van der Waals surface area (Å²) in [5.41, 5.74) is -0.0550. The van der Waals surface area contributed by atoms with Crippen LogP contribution in [0.4, 0.5) is 0 Å². The molecule has 11 heavy (non-hydrogen) atoms. The van der Waals surface area contributed by atoms with Gasteiger partial charge in [0.2, 0.25) is 0 Å². The van der Waals surface area contributed by atoms with Crippen LogP contribution in [-0.4, -0.2) is 5.78 Å². The third-order valence-electron chi connectivity index (χ3n) is 2.32. The minimum atomic E-state index is -0.0550. The van der Waals surface area contributed by atoms with Crippen LogP contribution in [0.1, 0.15) is 34.1 Å². The van der Waals surface area contributed by atoms with Gasteiger partial charge in [-0.2, -0.15) is 0 Å². The highest BCUT2D eigenvalue weighted by molar-refractivity contribution is 5.79. The number of ketones is 1. The van der Waals surface area contributed by atoms with Crippen molar-refractivity contribution in [2.24, 2.45) is 11.3 Å². The smallest absolute Gasteiger partial charge is 0.133 e. The van der Waals surface area contributed by atoms with Gasteiger partial charge in [-0.05, 0) is 18.8 Å². The third kappa shape index (κ3) is 2.49. The standard InChI is InChI=1S/C10H18O/c1-6-9(8(3)11)10(4,5)7-2/h7,9H,2,6H2,1,3-5H3. The van der Waals surface area contributed by atoms with Gasteiger partial charge in [0.05, 0.1) is 0 Å². The first-order chi connectivity index (χ1) is 4.95. The van der Waals surface area contributed by atoms with Crippen LogP contribution in [0.25, 0.3) is 0 Å². The third-order valence-corrected chi connectivity index (χ3v) is 2.32. The van der Waals surface area contributed by atoms with Gasteiger partial charge in [0.25, 0.3) is 0 Å². The van der Waals surface area contributed by atoms with Gasteiger partial charge in [-0.25, -0.2) is 0 Å². The monoisotopic (exact) mass is 154 g/mol. The average Bonchev–Trinajstić information content (AvgIpc) is 1.88. The summed E-state index contributed by atoms with van der Waals surface area (Å²) in [5.74, 6) is 0.386. The average molecular weight is 154 g/mol. The predicted octanol–water partition coefficient (Wildman–Crippen LogP) is 2.81. The summed E-state index contributed by atoms with van der Waals surface area (Å²) >= 11 is 0. The molecule has 0 aromatic carbocycles. The molecule has 0 saturated carbocycles. The molecule has 0 aliphatic carbocycles. The second-order valence-electron chi connectivity index (χ2n) is 3.60. The van der Waals surface area contributed by atoms with Crippen molar-refractivity contribution in [2.75, 3.05) is 0 Å². The normalized spacial score (nSPS) is 14.2. The summed E-state index contributed by atoms with van der Waals surface area (Å²) in [6, 6.07) is 0. The fraction of sp³-hybridized carbons (Fsp3) is 0.700.